The summed E-state index contributed by atoms with van der Waals surface area (Å²) in [4.78, 5) is 14.3. The lowest BCUT2D eigenvalue weighted by atomic mass is 10.0. The molecule has 1 aliphatic heterocycles. The highest BCUT2D eigenvalue weighted by Gasteiger charge is 2.38. The summed E-state index contributed by atoms with van der Waals surface area (Å²) < 4.78 is 0.780. The Hall–Kier alpha value is -0.780. The highest BCUT2D eigenvalue weighted by molar-refractivity contribution is 14.1. The van der Waals surface area contributed by atoms with Gasteiger partial charge in [0.05, 0.1) is 3.57 Å². The minimum absolute atomic E-state index is 0.0658. The highest BCUT2D eigenvalue weighted by Crippen LogP contribution is 2.38. The molecule has 0 radical (unpaired) electrons. The second-order valence-electron chi connectivity index (χ2n) is 5.33. The van der Waals surface area contributed by atoms with E-state index in [1.54, 1.807) is 18.2 Å². The molecule has 1 saturated heterocycles. The molecule has 0 aromatic heterocycles. The maximum absolute atomic E-state index is 12.4. The van der Waals surface area contributed by atoms with Gasteiger partial charge < -0.3 is 10.0 Å². The van der Waals surface area contributed by atoms with E-state index in [0.717, 1.165) is 16.7 Å². The zero-order chi connectivity index (χ0) is 12.7. The number of fused-ring (bicyclic) bond motifs is 1. The summed E-state index contributed by atoms with van der Waals surface area (Å²) in [5, 5.41) is 9.67. The van der Waals surface area contributed by atoms with Gasteiger partial charge in [-0.25, -0.2) is 0 Å². The molecule has 0 spiro atoms. The molecule has 2 unspecified atom stereocenters. The van der Waals surface area contributed by atoms with Crippen LogP contribution in [-0.2, 0) is 0 Å². The normalized spacial score (nSPS) is 26.4. The molecule has 1 heterocycles. The van der Waals surface area contributed by atoms with E-state index in [-0.39, 0.29) is 11.7 Å². The van der Waals surface area contributed by atoms with Gasteiger partial charge in [-0.3, -0.25) is 4.79 Å². The van der Waals surface area contributed by atoms with Gasteiger partial charge in [0.1, 0.15) is 5.75 Å². The van der Waals surface area contributed by atoms with Crippen molar-refractivity contribution in [1.82, 2.24) is 4.90 Å². The lowest BCUT2D eigenvalue weighted by Gasteiger charge is -2.17. The Morgan fingerprint density at radius 3 is 2.56 bits per heavy atom. The Morgan fingerprint density at radius 1 is 1.28 bits per heavy atom. The first kappa shape index (κ1) is 12.3. The van der Waals surface area contributed by atoms with Crippen LogP contribution >= 0.6 is 22.6 Å². The molecule has 1 N–H and O–H groups in total. The molecule has 0 bridgehead atoms. The molecular weight excluding hydrogens is 341 g/mol. The van der Waals surface area contributed by atoms with Crippen LogP contribution in [0.3, 0.4) is 0 Å². The van der Waals surface area contributed by atoms with Crippen LogP contribution in [0.1, 0.15) is 29.6 Å². The zero-order valence-corrected chi connectivity index (χ0v) is 12.3. The number of hydrogen-bond donors (Lipinski definition) is 1. The fourth-order valence-electron chi connectivity index (χ4n) is 3.23. The van der Waals surface area contributed by atoms with Crippen molar-refractivity contribution in [3.8, 4) is 5.75 Å². The average Bonchev–Trinajstić information content (AvgIpc) is 2.92. The van der Waals surface area contributed by atoms with Gasteiger partial charge in [0.15, 0.2) is 0 Å². The summed E-state index contributed by atoms with van der Waals surface area (Å²) in [6.07, 6.45) is 3.86. The third kappa shape index (κ3) is 2.11. The number of amides is 1. The first-order valence-corrected chi connectivity index (χ1v) is 7.51. The maximum Gasteiger partial charge on any atom is 0.254 e. The summed E-state index contributed by atoms with van der Waals surface area (Å²) in [7, 11) is 0. The molecule has 2 fully saturated rings. The van der Waals surface area contributed by atoms with E-state index in [2.05, 4.69) is 22.6 Å². The standard InChI is InChI=1S/C14H16INO2/c15-12-5-4-9(6-13(12)17)14(18)16-7-10-2-1-3-11(10)8-16/h4-6,10-11,17H,1-3,7-8H2. The van der Waals surface area contributed by atoms with Crippen molar-refractivity contribution in [2.45, 2.75) is 19.3 Å². The molecule has 2 atom stereocenters. The third-order valence-corrected chi connectivity index (χ3v) is 5.12. The predicted octanol–water partition coefficient (Wildman–Crippen LogP) is 2.87. The van der Waals surface area contributed by atoms with Crippen molar-refractivity contribution in [2.24, 2.45) is 11.8 Å². The van der Waals surface area contributed by atoms with Crippen molar-refractivity contribution in [3.05, 3.63) is 27.3 Å². The molecule has 1 aromatic rings. The Bertz CT molecular complexity index is 477. The number of carbonyl (C=O) groups is 1. The number of carbonyl (C=O) groups excluding carboxylic acids is 1. The van der Waals surface area contributed by atoms with Gasteiger partial charge in [0.2, 0.25) is 0 Å². The van der Waals surface area contributed by atoms with Crippen molar-refractivity contribution in [1.29, 1.82) is 0 Å². The van der Waals surface area contributed by atoms with Gasteiger partial charge >= 0.3 is 0 Å². The first-order chi connectivity index (χ1) is 8.65. The Kier molecular flexibility index (Phi) is 3.21. The van der Waals surface area contributed by atoms with E-state index in [9.17, 15) is 9.90 Å². The molecule has 1 aliphatic carbocycles. The van der Waals surface area contributed by atoms with Crippen LogP contribution in [0, 0.1) is 15.4 Å². The summed E-state index contributed by atoms with van der Waals surface area (Å²) in [5.41, 5.74) is 0.605. The summed E-state index contributed by atoms with van der Waals surface area (Å²) in [6.45, 7) is 1.80. The maximum atomic E-state index is 12.4. The number of nitrogens with zero attached hydrogens (tertiary/aromatic N) is 1. The number of benzene rings is 1. The first-order valence-electron chi connectivity index (χ1n) is 6.43. The molecule has 96 valence electrons. The number of halogens is 1. The number of phenols is 1. The molecule has 1 aromatic carbocycles. The Balaban J connectivity index is 1.77. The van der Waals surface area contributed by atoms with Crippen LogP contribution in [0.25, 0.3) is 0 Å². The van der Waals surface area contributed by atoms with Crippen LogP contribution < -0.4 is 0 Å². The molecule has 3 nitrogen and oxygen atoms in total. The number of likely N-dealkylation sites (tertiary alicyclic amines) is 1. The number of phenolic OH excluding ortho intramolecular Hbond substituents is 1. The second-order valence-corrected chi connectivity index (χ2v) is 6.49. The van der Waals surface area contributed by atoms with E-state index < -0.39 is 0 Å². The van der Waals surface area contributed by atoms with Crippen LogP contribution in [0.4, 0.5) is 0 Å². The highest BCUT2D eigenvalue weighted by atomic mass is 127. The smallest absolute Gasteiger partial charge is 0.254 e. The van der Waals surface area contributed by atoms with Crippen LogP contribution in [0.5, 0.6) is 5.75 Å². The summed E-state index contributed by atoms with van der Waals surface area (Å²) in [5.74, 6) is 1.69. The van der Waals surface area contributed by atoms with Crippen LogP contribution in [0.15, 0.2) is 18.2 Å². The molecule has 1 amide bonds. The molecule has 18 heavy (non-hydrogen) atoms. The zero-order valence-electron chi connectivity index (χ0n) is 10.1. The molecule has 1 saturated carbocycles. The fourth-order valence-corrected chi connectivity index (χ4v) is 3.56. The van der Waals surface area contributed by atoms with Crippen LogP contribution in [0.2, 0.25) is 0 Å². The van der Waals surface area contributed by atoms with Crippen molar-refractivity contribution in [2.75, 3.05) is 13.1 Å². The van der Waals surface area contributed by atoms with E-state index >= 15 is 0 Å². The monoisotopic (exact) mass is 357 g/mol. The lowest BCUT2D eigenvalue weighted by Crippen LogP contribution is -2.29. The van der Waals surface area contributed by atoms with E-state index in [0.29, 0.717) is 17.4 Å². The number of hydrogen-bond acceptors (Lipinski definition) is 2. The number of rotatable bonds is 1. The molecule has 2 aliphatic rings. The topological polar surface area (TPSA) is 40.5 Å². The van der Waals surface area contributed by atoms with Crippen molar-refractivity contribution in [3.63, 3.8) is 0 Å². The van der Waals surface area contributed by atoms with Gasteiger partial charge in [0.25, 0.3) is 5.91 Å². The second kappa shape index (κ2) is 4.72. The van der Waals surface area contributed by atoms with E-state index in [1.807, 2.05) is 4.90 Å². The molecule has 4 heteroatoms. The lowest BCUT2D eigenvalue weighted by molar-refractivity contribution is 0.0780. The van der Waals surface area contributed by atoms with E-state index in [4.69, 9.17) is 0 Å². The van der Waals surface area contributed by atoms with Gasteiger partial charge in [0, 0.05) is 18.7 Å². The SMILES string of the molecule is O=C(c1ccc(I)c(O)c1)N1CC2CCCC2C1. The van der Waals surface area contributed by atoms with E-state index in [1.165, 1.54) is 19.3 Å². The Morgan fingerprint density at radius 2 is 1.94 bits per heavy atom. The van der Waals surface area contributed by atoms with Gasteiger partial charge in [-0.2, -0.15) is 0 Å². The quantitative estimate of drug-likeness (QED) is 0.786. The number of aromatic hydroxyl groups is 1. The van der Waals surface area contributed by atoms with Crippen LogP contribution in [-0.4, -0.2) is 29.0 Å². The molecule has 3 rings (SSSR count). The summed E-state index contributed by atoms with van der Waals surface area (Å²) in [6, 6.07) is 5.18. The largest absolute Gasteiger partial charge is 0.507 e. The fraction of sp³-hybridized carbons (Fsp3) is 0.500. The minimum atomic E-state index is 0.0658. The van der Waals surface area contributed by atoms with Gasteiger partial charge in [-0.1, -0.05) is 6.42 Å². The van der Waals surface area contributed by atoms with Gasteiger partial charge in [-0.15, -0.1) is 0 Å². The third-order valence-electron chi connectivity index (χ3n) is 4.21. The Labute approximate surface area is 120 Å². The average molecular weight is 357 g/mol. The van der Waals surface area contributed by atoms with Gasteiger partial charge in [-0.05, 0) is 65.5 Å². The van der Waals surface area contributed by atoms with Crippen molar-refractivity contribution < 1.29 is 9.90 Å². The van der Waals surface area contributed by atoms with Crippen molar-refractivity contribution >= 4 is 28.5 Å². The predicted molar refractivity (Wildman–Crippen MR) is 77.6 cm³/mol. The minimum Gasteiger partial charge on any atom is -0.507 e. The summed E-state index contributed by atoms with van der Waals surface area (Å²) >= 11 is 2.06. The molecular formula is C14H16INO2.